The molecule has 12 heteroatoms. The van der Waals surface area contributed by atoms with E-state index in [1.165, 1.54) is 11.5 Å². The van der Waals surface area contributed by atoms with E-state index in [0.29, 0.717) is 33.1 Å². The quantitative estimate of drug-likeness (QED) is 0.0995. The fourth-order valence-corrected chi connectivity index (χ4v) is 11.8. The van der Waals surface area contributed by atoms with Gasteiger partial charge in [-0.15, -0.1) is 23.5 Å². The molecule has 6 nitrogen and oxygen atoms in total. The highest BCUT2D eigenvalue weighted by Gasteiger charge is 2.34. The highest BCUT2D eigenvalue weighted by atomic mass is 32.2. The van der Waals surface area contributed by atoms with Gasteiger partial charge in [-0.25, -0.2) is 9.59 Å². The molecule has 2 heterocycles. The largest absolute Gasteiger partial charge is 0.488 e. The Morgan fingerprint density at radius 1 is 0.810 bits per heavy atom. The minimum Gasteiger partial charge on any atom is -0.488 e. The molecule has 2 aliphatic rings. The molecule has 1 aromatic rings. The molecular formula is C30H42O6S6. The lowest BCUT2D eigenvalue weighted by Crippen LogP contribution is -2.37. The van der Waals surface area contributed by atoms with Crippen molar-refractivity contribution in [2.45, 2.75) is 48.1 Å². The van der Waals surface area contributed by atoms with Gasteiger partial charge in [0.1, 0.15) is 24.7 Å². The number of hydrogen-bond acceptors (Lipinski definition) is 12. The summed E-state index contributed by atoms with van der Waals surface area (Å²) in [6.07, 6.45) is 0. The smallest absolute Gasteiger partial charge is 0.334 e. The van der Waals surface area contributed by atoms with Gasteiger partial charge in [0.25, 0.3) is 0 Å². The number of carbonyl (C=O) groups excluding carboxylic acids is 2. The number of benzene rings is 1. The van der Waals surface area contributed by atoms with Crippen LogP contribution in [0.2, 0.25) is 0 Å². The molecule has 4 unspecified atom stereocenters. The molecular weight excluding hydrogens is 649 g/mol. The zero-order chi connectivity index (χ0) is 30.6. The van der Waals surface area contributed by atoms with Crippen molar-refractivity contribution in [2.24, 2.45) is 0 Å². The molecule has 234 valence electrons. The molecule has 0 spiro atoms. The number of carbonyl (C=O) groups is 2. The van der Waals surface area contributed by atoms with Crippen LogP contribution in [0.3, 0.4) is 0 Å². The highest BCUT2D eigenvalue weighted by Crippen LogP contribution is 2.36. The molecule has 0 aromatic heterocycles. The van der Waals surface area contributed by atoms with Crippen LogP contribution < -0.4 is 9.47 Å². The Kier molecular flexibility index (Phi) is 15.1. The van der Waals surface area contributed by atoms with Crippen molar-refractivity contribution in [3.05, 3.63) is 48.6 Å². The van der Waals surface area contributed by atoms with E-state index in [1.807, 2.05) is 79.1 Å². The van der Waals surface area contributed by atoms with E-state index >= 15 is 0 Å². The van der Waals surface area contributed by atoms with Crippen molar-refractivity contribution in [3.63, 3.8) is 0 Å². The van der Waals surface area contributed by atoms with Gasteiger partial charge in [-0.1, -0.05) is 19.2 Å². The van der Waals surface area contributed by atoms with E-state index in [4.69, 9.17) is 18.9 Å². The first kappa shape index (κ1) is 35.8. The van der Waals surface area contributed by atoms with Crippen LogP contribution in [-0.2, 0) is 19.1 Å². The minimum atomic E-state index is -0.878. The van der Waals surface area contributed by atoms with E-state index in [9.17, 15) is 9.59 Å². The molecule has 3 rings (SSSR count). The van der Waals surface area contributed by atoms with Crippen LogP contribution >= 0.6 is 70.6 Å². The standard InChI is InChI=1S/C30H42O6S6/c1-21(2)27(31)35-29(5,41-17-25-15-37-10-12-39-25)19-33-23-8-7-9-24(14-23)34-20-30(6,36-28(32)22(3)4)42-18-26-16-38-11-13-40-26/h7-9,14,25-26H,1,3,10-13,15-20H2,2,4-6H3. The van der Waals surface area contributed by atoms with E-state index in [0.717, 1.165) is 34.5 Å². The summed E-state index contributed by atoms with van der Waals surface area (Å²) in [6.45, 7) is 14.9. The monoisotopic (exact) mass is 690 g/mol. The predicted molar refractivity (Wildman–Crippen MR) is 188 cm³/mol. The molecule has 2 aliphatic heterocycles. The second-order valence-electron chi connectivity index (χ2n) is 10.4. The number of rotatable bonds is 16. The van der Waals surface area contributed by atoms with Gasteiger partial charge in [-0.3, -0.25) is 0 Å². The molecule has 4 atom stereocenters. The SMILES string of the molecule is C=C(C)C(=O)OC(C)(COc1cccc(OCC(C)(OC(=O)C(=C)C)SCC2CSCCS2)c1)SCC1CSCCS1. The summed E-state index contributed by atoms with van der Waals surface area (Å²) in [5.74, 6) is 8.90. The first-order chi connectivity index (χ1) is 20.0. The van der Waals surface area contributed by atoms with Gasteiger partial charge in [0.15, 0.2) is 9.87 Å². The first-order valence-electron chi connectivity index (χ1n) is 13.8. The van der Waals surface area contributed by atoms with E-state index in [-0.39, 0.29) is 13.2 Å². The Bertz CT molecular complexity index is 995. The van der Waals surface area contributed by atoms with E-state index in [2.05, 4.69) is 13.2 Å². The summed E-state index contributed by atoms with van der Waals surface area (Å²) in [5.41, 5.74) is 0.711. The van der Waals surface area contributed by atoms with Gasteiger partial charge < -0.3 is 18.9 Å². The van der Waals surface area contributed by atoms with Crippen molar-refractivity contribution in [1.29, 1.82) is 0 Å². The van der Waals surface area contributed by atoms with Crippen LogP contribution in [0.4, 0.5) is 0 Å². The number of hydrogen-bond donors (Lipinski definition) is 0. The Balaban J connectivity index is 1.62. The Morgan fingerprint density at radius 3 is 1.60 bits per heavy atom. The highest BCUT2D eigenvalue weighted by molar-refractivity contribution is 8.08. The Morgan fingerprint density at radius 2 is 1.24 bits per heavy atom. The summed E-state index contributed by atoms with van der Waals surface area (Å²) >= 11 is 11.1. The number of esters is 2. The van der Waals surface area contributed by atoms with Crippen molar-refractivity contribution >= 4 is 82.5 Å². The number of ether oxygens (including phenoxy) is 4. The molecule has 0 radical (unpaired) electrons. The first-order valence-corrected chi connectivity index (χ1v) is 20.1. The topological polar surface area (TPSA) is 71.1 Å². The molecule has 0 amide bonds. The van der Waals surface area contributed by atoms with Crippen LogP contribution in [0.15, 0.2) is 48.6 Å². The summed E-state index contributed by atoms with van der Waals surface area (Å²) in [4.78, 5) is 23.2. The second-order valence-corrected chi connectivity index (χ2v) is 18.5. The maximum Gasteiger partial charge on any atom is 0.334 e. The molecule has 2 fully saturated rings. The van der Waals surface area contributed by atoms with Gasteiger partial charge >= 0.3 is 11.9 Å². The van der Waals surface area contributed by atoms with Crippen LogP contribution in [0, 0.1) is 0 Å². The fourth-order valence-electron chi connectivity index (χ4n) is 3.65. The summed E-state index contributed by atoms with van der Waals surface area (Å²) < 4.78 is 24.0. The van der Waals surface area contributed by atoms with Crippen LogP contribution in [0.25, 0.3) is 0 Å². The average Bonchev–Trinajstić information content (AvgIpc) is 2.98. The lowest BCUT2D eigenvalue weighted by molar-refractivity contribution is -0.148. The van der Waals surface area contributed by atoms with Gasteiger partial charge in [-0.05, 0) is 39.8 Å². The summed E-state index contributed by atoms with van der Waals surface area (Å²) in [5, 5.41) is 1.02. The van der Waals surface area contributed by atoms with E-state index < -0.39 is 21.8 Å². The maximum absolute atomic E-state index is 12.5. The van der Waals surface area contributed by atoms with Gasteiger partial charge in [-0.2, -0.15) is 47.0 Å². The van der Waals surface area contributed by atoms with Gasteiger partial charge in [0, 0.05) is 73.7 Å². The summed E-state index contributed by atoms with van der Waals surface area (Å²) in [6, 6.07) is 7.35. The fraction of sp³-hybridized carbons (Fsp3) is 0.600. The summed E-state index contributed by atoms with van der Waals surface area (Å²) in [7, 11) is 0. The van der Waals surface area contributed by atoms with Crippen molar-refractivity contribution < 1.29 is 28.5 Å². The van der Waals surface area contributed by atoms with Crippen LogP contribution in [-0.4, -0.2) is 91.5 Å². The maximum atomic E-state index is 12.5. The minimum absolute atomic E-state index is 0.172. The Labute approximate surface area is 276 Å². The van der Waals surface area contributed by atoms with Crippen LogP contribution in [0.1, 0.15) is 27.7 Å². The van der Waals surface area contributed by atoms with Crippen molar-refractivity contribution in [1.82, 2.24) is 0 Å². The molecule has 0 N–H and O–H groups in total. The van der Waals surface area contributed by atoms with Crippen molar-refractivity contribution in [3.8, 4) is 11.5 Å². The molecule has 1 aromatic carbocycles. The van der Waals surface area contributed by atoms with E-state index in [1.54, 1.807) is 43.4 Å². The zero-order valence-corrected chi connectivity index (χ0v) is 29.7. The second kappa shape index (κ2) is 17.7. The Hall–Kier alpha value is -0.660. The average molecular weight is 691 g/mol. The predicted octanol–water partition coefficient (Wildman–Crippen LogP) is 7.28. The lowest BCUT2D eigenvalue weighted by Gasteiger charge is -2.31. The number of thioether (sulfide) groups is 6. The molecule has 42 heavy (non-hydrogen) atoms. The molecule has 2 saturated heterocycles. The molecule has 0 aliphatic carbocycles. The molecule has 0 bridgehead atoms. The third-order valence-corrected chi connectivity index (χ3v) is 14.9. The van der Waals surface area contributed by atoms with Crippen molar-refractivity contribution in [2.75, 3.05) is 59.2 Å². The van der Waals surface area contributed by atoms with Gasteiger partial charge in [0.2, 0.25) is 0 Å². The third-order valence-electron chi connectivity index (χ3n) is 6.04. The normalized spacial score (nSPS) is 21.7. The zero-order valence-electron chi connectivity index (χ0n) is 24.8. The molecule has 0 saturated carbocycles. The third kappa shape index (κ3) is 12.8. The van der Waals surface area contributed by atoms with Gasteiger partial charge in [0.05, 0.1) is 0 Å². The lowest BCUT2D eigenvalue weighted by atomic mass is 10.3. The van der Waals surface area contributed by atoms with Crippen LogP contribution in [0.5, 0.6) is 11.5 Å².